The van der Waals surface area contributed by atoms with Crippen molar-refractivity contribution >= 4 is 35.1 Å². The second-order valence-corrected chi connectivity index (χ2v) is 19.8. The van der Waals surface area contributed by atoms with Gasteiger partial charge in [0.05, 0.1) is 77.0 Å². The minimum atomic E-state index is -2.40. The average molecular weight is 1020 g/mol. The maximum absolute atomic E-state index is 18.0. The molecule has 0 bridgehead atoms. The second kappa shape index (κ2) is 19.5. The van der Waals surface area contributed by atoms with Gasteiger partial charge >= 0.3 is 5.78 Å². The number of carbonyl (C=O) groups excluding carboxylic acids is 5. The van der Waals surface area contributed by atoms with Crippen LogP contribution < -0.4 is 27.8 Å². The van der Waals surface area contributed by atoms with E-state index in [1.165, 1.54) is 30.4 Å². The lowest BCUT2D eigenvalue weighted by molar-refractivity contribution is -0.438. The number of hydrogen-bond donors (Lipinski definition) is 6. The highest BCUT2D eigenvalue weighted by molar-refractivity contribution is 6.13. The van der Waals surface area contributed by atoms with Gasteiger partial charge in [-0.15, -0.1) is 0 Å². The van der Waals surface area contributed by atoms with Crippen LogP contribution in [0.5, 0.6) is 0 Å². The van der Waals surface area contributed by atoms with Gasteiger partial charge in [-0.3, -0.25) is 28.9 Å². The fraction of sp³-hybridized carbons (Fsp3) is 0.549. The van der Waals surface area contributed by atoms with Crippen LogP contribution in [0.1, 0.15) is 55.1 Å². The summed E-state index contributed by atoms with van der Waals surface area (Å²) in [6.07, 6.45) is 0.719. The lowest BCUT2D eigenvalue weighted by atomic mass is 9.40. The molecular formula is C51H61F2N6O14+. The number of allylic oxidation sites excluding steroid dienone is 2. The zero-order valence-corrected chi connectivity index (χ0v) is 40.1. The molecule has 392 valence electrons. The van der Waals surface area contributed by atoms with Crippen molar-refractivity contribution in [2.45, 2.75) is 102 Å². The van der Waals surface area contributed by atoms with E-state index in [0.717, 1.165) is 16.0 Å². The first kappa shape index (κ1) is 51.3. The molecule has 73 heavy (non-hydrogen) atoms. The van der Waals surface area contributed by atoms with E-state index in [1.807, 2.05) is 42.5 Å². The summed E-state index contributed by atoms with van der Waals surface area (Å²) in [5, 5.41) is 16.2. The van der Waals surface area contributed by atoms with Crippen LogP contribution in [0.2, 0.25) is 0 Å². The van der Waals surface area contributed by atoms with Gasteiger partial charge in [-0.05, 0) is 35.8 Å². The number of ketones is 1. The molecule has 4 aliphatic heterocycles. The van der Waals surface area contributed by atoms with Crippen LogP contribution >= 0.6 is 0 Å². The number of hydrogen-bond acceptors (Lipinski definition) is 16. The van der Waals surface area contributed by atoms with Gasteiger partial charge in [-0.25, -0.2) is 8.78 Å². The van der Waals surface area contributed by atoms with Gasteiger partial charge in [0, 0.05) is 79.9 Å². The third-order valence-corrected chi connectivity index (χ3v) is 15.8. The van der Waals surface area contributed by atoms with Crippen LogP contribution in [-0.2, 0) is 63.5 Å². The highest BCUT2D eigenvalue weighted by Crippen LogP contribution is 2.79. The van der Waals surface area contributed by atoms with Crippen LogP contribution in [0.25, 0.3) is 0 Å². The molecule has 4 heterocycles. The summed E-state index contributed by atoms with van der Waals surface area (Å²) in [5.74, 6) is -1.57. The van der Waals surface area contributed by atoms with E-state index in [4.69, 9.17) is 55.1 Å². The molecule has 4 aliphatic carbocycles. The normalized spacial score (nSPS) is 36.1. The fourth-order valence-corrected chi connectivity index (χ4v) is 12.6. The molecule has 3 saturated heterocycles. The van der Waals surface area contributed by atoms with Crippen molar-refractivity contribution in [1.82, 2.24) is 10.2 Å². The Kier molecular flexibility index (Phi) is 13.7. The number of halogens is 2. The summed E-state index contributed by atoms with van der Waals surface area (Å²) >= 11 is 0. The summed E-state index contributed by atoms with van der Waals surface area (Å²) in [5.41, 5.74) is 11.4. The van der Waals surface area contributed by atoms with E-state index in [-0.39, 0.29) is 75.2 Å². The number of aliphatic hydroxyl groups excluding tert-OH is 1. The highest BCUT2D eigenvalue weighted by atomic mass is 19.1. The van der Waals surface area contributed by atoms with Crippen LogP contribution in [-0.4, -0.2) is 174 Å². The number of alkyl halides is 2. The molecule has 6 fully saturated rings. The van der Waals surface area contributed by atoms with Crippen molar-refractivity contribution in [1.29, 1.82) is 0 Å². The van der Waals surface area contributed by atoms with Crippen molar-refractivity contribution in [2.75, 3.05) is 77.9 Å². The highest BCUT2D eigenvalue weighted by Gasteiger charge is 3.00. The van der Waals surface area contributed by atoms with Gasteiger partial charge < -0.3 is 70.8 Å². The number of anilines is 1. The summed E-state index contributed by atoms with van der Waals surface area (Å²) in [6.45, 7) is 2.28. The Morgan fingerprint density at radius 2 is 1.49 bits per heavy atom. The Hall–Kier alpha value is -5.21. The Bertz CT molecular complexity index is 2610. The molecule has 3 saturated carbocycles. The first-order valence-electron chi connectivity index (χ1n) is 24.6. The number of amides is 4. The first-order chi connectivity index (χ1) is 35.0. The van der Waals surface area contributed by atoms with Crippen molar-refractivity contribution in [3.8, 4) is 0 Å². The lowest BCUT2D eigenvalue weighted by Gasteiger charge is -2.79. The molecule has 11 atom stereocenters. The molecule has 20 nitrogen and oxygen atoms in total. The predicted octanol–water partition coefficient (Wildman–Crippen LogP) is 0.504. The number of ether oxygens (including phenoxy) is 8. The number of imide groups is 1. The van der Waals surface area contributed by atoms with Gasteiger partial charge in [-0.1, -0.05) is 36.4 Å². The summed E-state index contributed by atoms with van der Waals surface area (Å²) < 4.78 is 82.3. The van der Waals surface area contributed by atoms with E-state index in [1.54, 1.807) is 6.07 Å². The number of benzene rings is 2. The van der Waals surface area contributed by atoms with Gasteiger partial charge in [-0.2, -0.15) is 0 Å². The van der Waals surface area contributed by atoms with Crippen molar-refractivity contribution in [2.24, 2.45) is 17.2 Å². The third kappa shape index (κ3) is 8.04. The molecule has 10 rings (SSSR count). The van der Waals surface area contributed by atoms with Gasteiger partial charge in [0.25, 0.3) is 11.8 Å². The molecule has 4 unspecified atom stereocenters. The van der Waals surface area contributed by atoms with Gasteiger partial charge in [0.15, 0.2) is 28.9 Å². The second-order valence-electron chi connectivity index (χ2n) is 19.8. The van der Waals surface area contributed by atoms with E-state index in [2.05, 4.69) is 10.6 Å². The minimum Gasteiger partial charge on any atom is -0.394 e. The summed E-state index contributed by atoms with van der Waals surface area (Å²) in [6, 6.07) is 15.0. The molecular weight excluding hydrogens is 959 g/mol. The Morgan fingerprint density at radius 3 is 2.19 bits per heavy atom. The number of aliphatic hydroxyl groups is 1. The first-order valence-corrected chi connectivity index (χ1v) is 24.6. The zero-order valence-electron chi connectivity index (χ0n) is 40.1. The molecule has 4 amide bonds. The van der Waals surface area contributed by atoms with Gasteiger partial charge in [0.1, 0.15) is 24.0 Å². The quantitative estimate of drug-likeness (QED) is 0.0502. The largest absolute Gasteiger partial charge is 0.394 e. The smallest absolute Gasteiger partial charge is 0.340 e. The summed E-state index contributed by atoms with van der Waals surface area (Å²) in [4.78, 5) is 58.9. The topological polar surface area (TPSA) is 289 Å². The summed E-state index contributed by atoms with van der Waals surface area (Å²) in [7, 11) is 0. The zero-order chi connectivity index (χ0) is 51.4. The minimum absolute atomic E-state index is 0.0177. The predicted molar refractivity (Wildman–Crippen MR) is 253 cm³/mol. The monoisotopic (exact) mass is 1020 g/mol. The Labute approximate surface area is 418 Å². The molecule has 8 aliphatic rings. The van der Waals surface area contributed by atoms with Crippen LogP contribution in [0.4, 0.5) is 14.5 Å². The van der Waals surface area contributed by atoms with Crippen molar-refractivity contribution < 1.29 is 75.8 Å². The maximum Gasteiger partial charge on any atom is 0.340 e. The molecule has 22 heteroatoms. The lowest BCUT2D eigenvalue weighted by Crippen LogP contribution is -3.01. The molecule has 0 aromatic heterocycles. The van der Waals surface area contributed by atoms with E-state index in [0.29, 0.717) is 57.3 Å². The number of rotatable bonds is 23. The number of fused-ring (bicyclic) bond motifs is 1. The van der Waals surface area contributed by atoms with Crippen LogP contribution in [0.3, 0.4) is 0 Å². The van der Waals surface area contributed by atoms with Crippen LogP contribution in [0, 0.1) is 0 Å². The standard InChI is InChI=1S/C51H60F2N6O14/c52-37-27-46(54)47(55)30-49(56)51(39(29-60)71-48(47,51)28-38-50(46,53)45(70-38)13-10-35(61)26-36(37)45)73-44(72-49)33-6-4-31(5-7-33)24-32-2-1-3-34(25-32)58-41(63)12-16-66-18-20-68-22-23-69-21-19-67-17-14-57-40(62)11-15-59-42(64)8-9-43(59)65/h1-10,13,25-26,37-39,44,60H,11-12,14-24,27-30,54-56H2,(H,57,62)(H,58,63)/p+1/t37-,38-,39?,44+,45?,46?,47+,48+,49?,50-,51-/m0/s1. The molecule has 2 aromatic rings. The fourth-order valence-electron chi connectivity index (χ4n) is 12.6. The van der Waals surface area contributed by atoms with Crippen molar-refractivity contribution in [3.05, 3.63) is 101 Å². The van der Waals surface area contributed by atoms with Crippen LogP contribution in [0.15, 0.2) is 84.5 Å². The van der Waals surface area contributed by atoms with E-state index >= 15 is 8.78 Å². The molecule has 10 N–H and O–H groups in total. The number of nitrogens with one attached hydrogen (secondary N) is 2. The number of nitrogens with zero attached hydrogens (tertiary/aromatic N) is 1. The van der Waals surface area contributed by atoms with Gasteiger partial charge in [0.2, 0.25) is 11.8 Å². The SMILES string of the molecule is NC12C[C@H](F)C3=CC(=[OH+])C=CC34O[C@@H](C[C@]35OC(CO)[C@]36O[C@H](c3ccc(Cc7cccc(NC(=O)CCOCCOCCOCCOCCNC(=O)CCN8C(=O)C=CC8=O)c7)cc3)OC6(N)C[C@@]15N)[C@]42F. The number of nitrogens with two attached hydrogens (primary N) is 3. The molecule has 0 radical (unpaired) electrons. The Balaban J connectivity index is 0.634. The third-order valence-electron chi connectivity index (χ3n) is 15.8. The Morgan fingerprint density at radius 1 is 0.808 bits per heavy atom. The van der Waals surface area contributed by atoms with E-state index in [9.17, 15) is 29.1 Å². The molecule has 3 spiro atoms. The number of carbonyl (C=O) groups is 4. The molecule has 2 aromatic carbocycles. The van der Waals surface area contributed by atoms with Crippen molar-refractivity contribution in [3.63, 3.8) is 0 Å². The van der Waals surface area contributed by atoms with E-state index < -0.39 is 88.8 Å². The average Bonchev–Trinajstić information content (AvgIpc) is 3.90. The maximum atomic E-state index is 18.0.